The minimum Gasteiger partial charge on any atom is -0.375 e. The molecule has 0 saturated carbocycles. The van der Waals surface area contributed by atoms with Crippen molar-refractivity contribution in [1.29, 1.82) is 0 Å². The van der Waals surface area contributed by atoms with Crippen LogP contribution in [0.4, 0.5) is 0 Å². The van der Waals surface area contributed by atoms with E-state index >= 15 is 0 Å². The molecule has 1 aliphatic rings. The number of carbonyl (C=O) groups is 1. The van der Waals surface area contributed by atoms with E-state index in [4.69, 9.17) is 4.74 Å². The number of nitrogens with one attached hydrogen (secondary N) is 1. The molecule has 0 unspecified atom stereocenters. The Morgan fingerprint density at radius 3 is 3.09 bits per heavy atom. The number of aromatic nitrogens is 2. The number of hydrogen-bond donors (Lipinski definition) is 1. The van der Waals surface area contributed by atoms with Crippen molar-refractivity contribution in [3.63, 3.8) is 0 Å². The molecule has 23 heavy (non-hydrogen) atoms. The van der Waals surface area contributed by atoms with E-state index < -0.39 is 0 Å². The molecule has 1 aliphatic heterocycles. The third-order valence-electron chi connectivity index (χ3n) is 4.01. The largest absolute Gasteiger partial charge is 0.375 e. The molecule has 124 valence electrons. The number of hydrogen-bond acceptors (Lipinski definition) is 5. The van der Waals surface area contributed by atoms with Gasteiger partial charge < -0.3 is 10.1 Å². The highest BCUT2D eigenvalue weighted by Gasteiger charge is 2.19. The van der Waals surface area contributed by atoms with Crippen LogP contribution < -0.4 is 5.32 Å². The van der Waals surface area contributed by atoms with E-state index in [1.54, 1.807) is 0 Å². The van der Waals surface area contributed by atoms with E-state index in [9.17, 15) is 4.79 Å². The Balaban J connectivity index is 1.58. The molecule has 0 aromatic carbocycles. The van der Waals surface area contributed by atoms with Gasteiger partial charge in [-0.1, -0.05) is 0 Å². The van der Waals surface area contributed by atoms with Crippen LogP contribution in [0.3, 0.4) is 0 Å². The van der Waals surface area contributed by atoms with Crippen molar-refractivity contribution < 1.29 is 9.53 Å². The van der Waals surface area contributed by atoms with Crippen molar-refractivity contribution >= 4 is 17.2 Å². The molecule has 2 aromatic rings. The fourth-order valence-corrected chi connectivity index (χ4v) is 3.69. The fourth-order valence-electron chi connectivity index (χ4n) is 2.74. The summed E-state index contributed by atoms with van der Waals surface area (Å²) >= 11 is 1.82. The monoisotopic (exact) mass is 334 g/mol. The summed E-state index contributed by atoms with van der Waals surface area (Å²) in [6.45, 7) is 6.49. The van der Waals surface area contributed by atoms with Crippen LogP contribution in [0.1, 0.15) is 21.8 Å². The highest BCUT2D eigenvalue weighted by Crippen LogP contribution is 2.21. The number of amides is 1. The molecular weight excluding hydrogens is 312 g/mol. The first-order valence-electron chi connectivity index (χ1n) is 7.72. The van der Waals surface area contributed by atoms with Crippen molar-refractivity contribution in [3.8, 4) is 0 Å². The zero-order valence-corrected chi connectivity index (χ0v) is 14.4. The van der Waals surface area contributed by atoms with Gasteiger partial charge in [-0.15, -0.1) is 11.3 Å². The average molecular weight is 334 g/mol. The molecule has 7 heteroatoms. The van der Waals surface area contributed by atoms with Gasteiger partial charge in [-0.25, -0.2) is 0 Å². The van der Waals surface area contributed by atoms with Crippen LogP contribution in [-0.2, 0) is 35.7 Å². The third-order valence-corrected chi connectivity index (χ3v) is 5.01. The second-order valence-electron chi connectivity index (χ2n) is 5.80. The van der Waals surface area contributed by atoms with Gasteiger partial charge in [0.25, 0.3) is 0 Å². The number of ether oxygens (including phenoxy) is 1. The lowest BCUT2D eigenvalue weighted by atomic mass is 10.2. The molecule has 1 N–H and O–H groups in total. The Morgan fingerprint density at radius 1 is 1.48 bits per heavy atom. The fraction of sp³-hybridized carbons (Fsp3) is 0.500. The third kappa shape index (κ3) is 3.99. The van der Waals surface area contributed by atoms with Crippen LogP contribution in [0.5, 0.6) is 0 Å². The zero-order valence-electron chi connectivity index (χ0n) is 13.5. The molecule has 1 amide bonds. The quantitative estimate of drug-likeness (QED) is 0.870. The van der Waals surface area contributed by atoms with Crippen molar-refractivity contribution in [2.45, 2.75) is 33.1 Å². The highest BCUT2D eigenvalue weighted by atomic mass is 32.1. The molecule has 0 saturated heterocycles. The van der Waals surface area contributed by atoms with E-state index in [1.807, 2.05) is 11.3 Å². The number of carbonyl (C=O) groups excluding carboxylic acids is 1. The summed E-state index contributed by atoms with van der Waals surface area (Å²) in [5.74, 6) is -0.117. The van der Waals surface area contributed by atoms with Crippen LogP contribution in [0.15, 0.2) is 17.5 Å². The summed E-state index contributed by atoms with van der Waals surface area (Å²) in [5, 5.41) is 9.53. The van der Waals surface area contributed by atoms with Crippen LogP contribution >= 0.6 is 11.3 Å². The smallest absolute Gasteiger partial charge is 0.246 e. The van der Waals surface area contributed by atoms with Gasteiger partial charge in [0.15, 0.2) is 0 Å². The molecule has 0 aliphatic carbocycles. The van der Waals surface area contributed by atoms with E-state index in [0.29, 0.717) is 6.54 Å². The van der Waals surface area contributed by atoms with Crippen LogP contribution in [0.2, 0.25) is 0 Å². The molecule has 3 rings (SSSR count). The minimum absolute atomic E-state index is 0.0848. The van der Waals surface area contributed by atoms with Crippen LogP contribution in [0.25, 0.3) is 0 Å². The van der Waals surface area contributed by atoms with Crippen molar-refractivity contribution in [2.75, 3.05) is 20.3 Å². The SMILES string of the molecule is COCC(=O)NCc1cc2n(n1)CCN(Cc1sccc1C)C2. The predicted molar refractivity (Wildman–Crippen MR) is 89.1 cm³/mol. The van der Waals surface area contributed by atoms with Gasteiger partial charge in [0.2, 0.25) is 5.91 Å². The maximum Gasteiger partial charge on any atom is 0.246 e. The summed E-state index contributed by atoms with van der Waals surface area (Å²) in [4.78, 5) is 15.3. The Hall–Kier alpha value is -1.70. The van der Waals surface area contributed by atoms with Crippen molar-refractivity contribution in [2.24, 2.45) is 0 Å². The number of nitrogens with zero attached hydrogens (tertiary/aromatic N) is 3. The van der Waals surface area contributed by atoms with Gasteiger partial charge in [-0.05, 0) is 30.0 Å². The van der Waals surface area contributed by atoms with Gasteiger partial charge in [-0.3, -0.25) is 14.4 Å². The number of aryl methyl sites for hydroxylation is 1. The van der Waals surface area contributed by atoms with Gasteiger partial charge >= 0.3 is 0 Å². The van der Waals surface area contributed by atoms with Crippen LogP contribution in [-0.4, -0.2) is 40.8 Å². The van der Waals surface area contributed by atoms with E-state index in [0.717, 1.165) is 31.9 Å². The summed E-state index contributed by atoms with van der Waals surface area (Å²) in [5.41, 5.74) is 3.48. The predicted octanol–water partition coefficient (Wildman–Crippen LogP) is 1.53. The molecule has 0 spiro atoms. The molecule has 0 radical (unpaired) electrons. The molecule has 2 aromatic heterocycles. The molecule has 0 atom stereocenters. The topological polar surface area (TPSA) is 59.4 Å². The van der Waals surface area contributed by atoms with Gasteiger partial charge in [0.05, 0.1) is 24.5 Å². The molecule has 6 nitrogen and oxygen atoms in total. The van der Waals surface area contributed by atoms with Crippen molar-refractivity contribution in [1.82, 2.24) is 20.0 Å². The van der Waals surface area contributed by atoms with E-state index in [-0.39, 0.29) is 12.5 Å². The minimum atomic E-state index is -0.117. The van der Waals surface area contributed by atoms with Gasteiger partial charge in [0, 0.05) is 31.6 Å². The van der Waals surface area contributed by atoms with E-state index in [2.05, 4.69) is 44.4 Å². The molecule has 0 fully saturated rings. The Bertz CT molecular complexity index is 679. The lowest BCUT2D eigenvalue weighted by Crippen LogP contribution is -2.33. The first-order valence-corrected chi connectivity index (χ1v) is 8.60. The molecule has 0 bridgehead atoms. The lowest BCUT2D eigenvalue weighted by Gasteiger charge is -2.27. The zero-order chi connectivity index (χ0) is 16.2. The molecule has 3 heterocycles. The van der Waals surface area contributed by atoms with E-state index in [1.165, 1.54) is 23.2 Å². The summed E-state index contributed by atoms with van der Waals surface area (Å²) in [7, 11) is 1.51. The number of rotatable bonds is 6. The van der Waals surface area contributed by atoms with Gasteiger partial charge in [-0.2, -0.15) is 5.10 Å². The maximum atomic E-state index is 11.4. The standard InChI is InChI=1S/C16H22N4O2S/c1-12-3-6-23-15(12)10-19-4-5-20-14(9-19)7-13(18-20)8-17-16(21)11-22-2/h3,6-7H,4-5,8-11H2,1-2H3,(H,17,21). The Labute approximate surface area is 140 Å². The molecular formula is C16H22N4O2S. The first-order chi connectivity index (χ1) is 11.2. The van der Waals surface area contributed by atoms with Crippen LogP contribution in [0, 0.1) is 6.92 Å². The number of methoxy groups -OCH3 is 1. The second kappa shape index (κ2) is 7.25. The number of thiophene rings is 1. The first kappa shape index (κ1) is 16.2. The average Bonchev–Trinajstić information content (AvgIpc) is 3.11. The lowest BCUT2D eigenvalue weighted by molar-refractivity contribution is -0.124. The Morgan fingerprint density at radius 2 is 2.35 bits per heavy atom. The summed E-state index contributed by atoms with van der Waals surface area (Å²) < 4.78 is 6.85. The summed E-state index contributed by atoms with van der Waals surface area (Å²) in [6.07, 6.45) is 0. The second-order valence-corrected chi connectivity index (χ2v) is 6.80. The number of fused-ring (bicyclic) bond motifs is 1. The highest BCUT2D eigenvalue weighted by molar-refractivity contribution is 7.10. The summed E-state index contributed by atoms with van der Waals surface area (Å²) in [6, 6.07) is 4.26. The normalized spacial score (nSPS) is 14.7. The van der Waals surface area contributed by atoms with Gasteiger partial charge in [0.1, 0.15) is 6.61 Å². The van der Waals surface area contributed by atoms with Crippen molar-refractivity contribution in [3.05, 3.63) is 39.3 Å². The maximum absolute atomic E-state index is 11.4. The Kier molecular flexibility index (Phi) is 5.09.